The molecule has 4 rings (SSSR count). The standard InChI is InChI=1S/C26H35FN4O2/c1-26(12-10-21(27)11-13-26)25(32)31(24-9-5-6-14-28-24)20-17-29-15-18-30(19-16-29)22-7-3-4-8-23(22)33-2/h3-9,14,21H,10-13,15-20H2,1-2H3. The van der Waals surface area contributed by atoms with Crippen molar-refractivity contribution in [2.75, 3.05) is 56.2 Å². The quantitative estimate of drug-likeness (QED) is 0.629. The maximum absolute atomic E-state index is 13.8. The van der Waals surface area contributed by atoms with Gasteiger partial charge in [0.25, 0.3) is 0 Å². The molecule has 2 heterocycles. The highest BCUT2D eigenvalue weighted by atomic mass is 19.1. The number of anilines is 2. The molecule has 2 aliphatic rings. The predicted molar refractivity (Wildman–Crippen MR) is 130 cm³/mol. The number of halogens is 1. The number of carbonyl (C=O) groups is 1. The number of methoxy groups -OCH3 is 1. The molecular formula is C26H35FN4O2. The number of para-hydroxylation sites is 2. The van der Waals surface area contributed by atoms with Gasteiger partial charge in [0.15, 0.2) is 0 Å². The topological polar surface area (TPSA) is 48.9 Å². The monoisotopic (exact) mass is 454 g/mol. The van der Waals surface area contributed by atoms with Crippen LogP contribution in [0.4, 0.5) is 15.9 Å². The summed E-state index contributed by atoms with van der Waals surface area (Å²) in [5, 5.41) is 0. The molecule has 0 radical (unpaired) electrons. The van der Waals surface area contributed by atoms with E-state index in [4.69, 9.17) is 4.74 Å². The fraction of sp³-hybridized carbons (Fsp3) is 0.538. The van der Waals surface area contributed by atoms with Crippen molar-refractivity contribution in [1.82, 2.24) is 9.88 Å². The summed E-state index contributed by atoms with van der Waals surface area (Å²) in [6.45, 7) is 7.01. The molecular weight excluding hydrogens is 419 g/mol. The lowest BCUT2D eigenvalue weighted by Crippen LogP contribution is -2.51. The minimum Gasteiger partial charge on any atom is -0.495 e. The van der Waals surface area contributed by atoms with Gasteiger partial charge < -0.3 is 9.64 Å². The summed E-state index contributed by atoms with van der Waals surface area (Å²) in [5.74, 6) is 1.65. The molecule has 7 heteroatoms. The molecule has 1 aromatic heterocycles. The van der Waals surface area contributed by atoms with Crippen molar-refractivity contribution in [3.05, 3.63) is 48.7 Å². The van der Waals surface area contributed by atoms with Crippen LogP contribution < -0.4 is 14.5 Å². The minimum atomic E-state index is -0.784. The van der Waals surface area contributed by atoms with E-state index in [-0.39, 0.29) is 5.91 Å². The number of rotatable bonds is 7. The average molecular weight is 455 g/mol. The Morgan fingerprint density at radius 3 is 2.48 bits per heavy atom. The Morgan fingerprint density at radius 1 is 1.12 bits per heavy atom. The van der Waals surface area contributed by atoms with Gasteiger partial charge in [0.2, 0.25) is 5.91 Å². The maximum atomic E-state index is 13.8. The van der Waals surface area contributed by atoms with Gasteiger partial charge in [-0.1, -0.05) is 25.1 Å². The molecule has 0 bridgehead atoms. The van der Waals surface area contributed by atoms with Gasteiger partial charge in [-0.05, 0) is 49.9 Å². The van der Waals surface area contributed by atoms with Crippen LogP contribution in [-0.2, 0) is 4.79 Å². The number of carbonyl (C=O) groups excluding carboxylic acids is 1. The maximum Gasteiger partial charge on any atom is 0.234 e. The van der Waals surface area contributed by atoms with E-state index >= 15 is 0 Å². The zero-order valence-corrected chi connectivity index (χ0v) is 19.8. The van der Waals surface area contributed by atoms with E-state index in [1.165, 1.54) is 0 Å². The molecule has 178 valence electrons. The first-order valence-corrected chi connectivity index (χ1v) is 12.0. The number of benzene rings is 1. The molecule has 1 amide bonds. The lowest BCUT2D eigenvalue weighted by atomic mass is 9.74. The number of alkyl halides is 1. The smallest absolute Gasteiger partial charge is 0.234 e. The highest BCUT2D eigenvalue weighted by molar-refractivity contribution is 5.96. The van der Waals surface area contributed by atoms with Gasteiger partial charge in [0.05, 0.1) is 12.8 Å². The molecule has 1 aliphatic carbocycles. The van der Waals surface area contributed by atoms with Gasteiger partial charge in [-0.3, -0.25) is 14.6 Å². The van der Waals surface area contributed by atoms with Crippen molar-refractivity contribution in [3.8, 4) is 5.75 Å². The van der Waals surface area contributed by atoms with Crippen molar-refractivity contribution in [2.24, 2.45) is 5.41 Å². The van der Waals surface area contributed by atoms with Crippen LogP contribution in [0, 0.1) is 5.41 Å². The Hall–Kier alpha value is -2.67. The lowest BCUT2D eigenvalue weighted by molar-refractivity contribution is -0.129. The number of ether oxygens (including phenoxy) is 1. The normalized spacial score (nSPS) is 23.8. The van der Waals surface area contributed by atoms with Crippen LogP contribution in [0.3, 0.4) is 0 Å². The molecule has 1 aromatic carbocycles. The largest absolute Gasteiger partial charge is 0.495 e. The first-order chi connectivity index (χ1) is 16.0. The van der Waals surface area contributed by atoms with Crippen molar-refractivity contribution in [3.63, 3.8) is 0 Å². The number of piperazine rings is 1. The molecule has 1 aliphatic heterocycles. The van der Waals surface area contributed by atoms with Crippen LogP contribution >= 0.6 is 0 Å². The van der Waals surface area contributed by atoms with E-state index in [1.54, 1.807) is 13.3 Å². The molecule has 0 unspecified atom stereocenters. The van der Waals surface area contributed by atoms with E-state index < -0.39 is 11.6 Å². The minimum absolute atomic E-state index is 0.0701. The van der Waals surface area contributed by atoms with Gasteiger partial charge in [-0.25, -0.2) is 9.37 Å². The van der Waals surface area contributed by atoms with Gasteiger partial charge in [-0.15, -0.1) is 0 Å². The van der Waals surface area contributed by atoms with Crippen LogP contribution in [0.2, 0.25) is 0 Å². The fourth-order valence-corrected chi connectivity index (χ4v) is 4.94. The zero-order valence-electron chi connectivity index (χ0n) is 19.8. The molecule has 0 spiro atoms. The molecule has 2 aromatic rings. The van der Waals surface area contributed by atoms with E-state index in [9.17, 15) is 9.18 Å². The summed E-state index contributed by atoms with van der Waals surface area (Å²) in [6.07, 6.45) is 3.05. The van der Waals surface area contributed by atoms with Crippen LogP contribution in [0.1, 0.15) is 32.6 Å². The van der Waals surface area contributed by atoms with Crippen molar-refractivity contribution < 1.29 is 13.9 Å². The Balaban J connectivity index is 1.39. The summed E-state index contributed by atoms with van der Waals surface area (Å²) < 4.78 is 19.3. The summed E-state index contributed by atoms with van der Waals surface area (Å²) in [7, 11) is 1.71. The van der Waals surface area contributed by atoms with Crippen molar-refractivity contribution in [2.45, 2.75) is 38.8 Å². The number of aromatic nitrogens is 1. The van der Waals surface area contributed by atoms with E-state index in [1.807, 2.05) is 48.2 Å². The molecule has 33 heavy (non-hydrogen) atoms. The van der Waals surface area contributed by atoms with Crippen molar-refractivity contribution in [1.29, 1.82) is 0 Å². The lowest BCUT2D eigenvalue weighted by Gasteiger charge is -2.40. The van der Waals surface area contributed by atoms with Gasteiger partial charge in [0.1, 0.15) is 17.7 Å². The Labute approximate surface area is 196 Å². The highest BCUT2D eigenvalue weighted by Crippen LogP contribution is 2.39. The number of hydrogen-bond donors (Lipinski definition) is 0. The fourth-order valence-electron chi connectivity index (χ4n) is 4.94. The molecule has 0 N–H and O–H groups in total. The second-order valence-corrected chi connectivity index (χ2v) is 9.38. The number of pyridine rings is 1. The summed E-state index contributed by atoms with van der Waals surface area (Å²) >= 11 is 0. The van der Waals surface area contributed by atoms with Gasteiger partial charge >= 0.3 is 0 Å². The summed E-state index contributed by atoms with van der Waals surface area (Å²) in [6, 6.07) is 13.8. The summed E-state index contributed by atoms with van der Waals surface area (Å²) in [4.78, 5) is 24.7. The third-order valence-electron chi connectivity index (χ3n) is 7.14. The van der Waals surface area contributed by atoms with E-state index in [0.717, 1.165) is 44.2 Å². The SMILES string of the molecule is COc1ccccc1N1CCN(CCN(C(=O)C2(C)CCC(F)CC2)c2ccccn2)CC1. The first kappa shape index (κ1) is 23.5. The third kappa shape index (κ3) is 5.46. The molecule has 1 saturated heterocycles. The number of amides is 1. The number of hydrogen-bond acceptors (Lipinski definition) is 5. The van der Waals surface area contributed by atoms with E-state index in [0.29, 0.717) is 38.0 Å². The van der Waals surface area contributed by atoms with Gasteiger partial charge in [-0.2, -0.15) is 0 Å². The molecule has 0 atom stereocenters. The summed E-state index contributed by atoms with van der Waals surface area (Å²) in [5.41, 5.74) is 0.601. The number of nitrogens with zero attached hydrogens (tertiary/aromatic N) is 4. The average Bonchev–Trinajstić information content (AvgIpc) is 2.87. The Bertz CT molecular complexity index is 910. The van der Waals surface area contributed by atoms with Crippen LogP contribution in [-0.4, -0.2) is 68.3 Å². The highest BCUT2D eigenvalue weighted by Gasteiger charge is 2.41. The Kier molecular flexibility index (Phi) is 7.48. The second kappa shape index (κ2) is 10.5. The molecule has 2 fully saturated rings. The van der Waals surface area contributed by atoms with Gasteiger partial charge in [0, 0.05) is 50.9 Å². The van der Waals surface area contributed by atoms with E-state index in [2.05, 4.69) is 20.9 Å². The Morgan fingerprint density at radius 2 is 1.82 bits per heavy atom. The third-order valence-corrected chi connectivity index (χ3v) is 7.14. The molecule has 6 nitrogen and oxygen atoms in total. The second-order valence-electron chi connectivity index (χ2n) is 9.38. The van der Waals surface area contributed by atoms with Crippen LogP contribution in [0.25, 0.3) is 0 Å². The predicted octanol–water partition coefficient (Wildman–Crippen LogP) is 4.16. The van der Waals surface area contributed by atoms with Crippen LogP contribution in [0.5, 0.6) is 5.75 Å². The zero-order chi connectivity index (χ0) is 23.3. The van der Waals surface area contributed by atoms with Crippen molar-refractivity contribution >= 4 is 17.4 Å². The first-order valence-electron chi connectivity index (χ1n) is 12.0. The van der Waals surface area contributed by atoms with Crippen LogP contribution in [0.15, 0.2) is 48.7 Å². The molecule has 1 saturated carbocycles.